The van der Waals surface area contributed by atoms with Gasteiger partial charge in [0.1, 0.15) is 5.82 Å². The van der Waals surface area contributed by atoms with Crippen LogP contribution in [-0.2, 0) is 17.7 Å². The van der Waals surface area contributed by atoms with Crippen LogP contribution in [0.15, 0.2) is 12.4 Å². The minimum Gasteiger partial charge on any atom is -0.377 e. The summed E-state index contributed by atoms with van der Waals surface area (Å²) in [6.07, 6.45) is 7.78. The Labute approximate surface area is 97.0 Å². The summed E-state index contributed by atoms with van der Waals surface area (Å²) in [6, 6.07) is 0. The molecule has 4 nitrogen and oxygen atoms in total. The van der Waals surface area contributed by atoms with Gasteiger partial charge in [0, 0.05) is 45.1 Å². The van der Waals surface area contributed by atoms with E-state index in [1.54, 1.807) is 0 Å². The van der Waals surface area contributed by atoms with Crippen LogP contribution in [0, 0.1) is 0 Å². The summed E-state index contributed by atoms with van der Waals surface area (Å²) in [5, 5.41) is 3.44. The molecule has 1 aromatic heterocycles. The summed E-state index contributed by atoms with van der Waals surface area (Å²) in [5.41, 5.74) is 0. The van der Waals surface area contributed by atoms with Crippen molar-refractivity contribution in [2.24, 2.45) is 0 Å². The second-order valence-corrected chi connectivity index (χ2v) is 4.23. The van der Waals surface area contributed by atoms with E-state index in [-0.39, 0.29) is 0 Å². The van der Waals surface area contributed by atoms with Gasteiger partial charge in [0.05, 0.1) is 6.10 Å². The third-order valence-corrected chi connectivity index (χ3v) is 3.04. The summed E-state index contributed by atoms with van der Waals surface area (Å²) in [5.74, 6) is 1.17. The Morgan fingerprint density at radius 3 is 3.31 bits per heavy atom. The first-order valence-corrected chi connectivity index (χ1v) is 6.22. The van der Waals surface area contributed by atoms with Crippen molar-refractivity contribution in [1.29, 1.82) is 0 Å². The molecule has 1 unspecified atom stereocenters. The van der Waals surface area contributed by atoms with Gasteiger partial charge in [0.2, 0.25) is 0 Å². The number of aryl methyl sites for hydroxylation is 1. The van der Waals surface area contributed by atoms with E-state index in [1.807, 2.05) is 12.4 Å². The van der Waals surface area contributed by atoms with Gasteiger partial charge in [0.25, 0.3) is 0 Å². The van der Waals surface area contributed by atoms with Crippen LogP contribution in [0.2, 0.25) is 0 Å². The number of hydrogen-bond donors (Lipinski definition) is 1. The van der Waals surface area contributed by atoms with Crippen molar-refractivity contribution in [3.8, 4) is 0 Å². The Morgan fingerprint density at radius 1 is 1.62 bits per heavy atom. The molecule has 1 aliphatic heterocycles. The number of nitrogens with zero attached hydrogens (tertiary/aromatic N) is 2. The monoisotopic (exact) mass is 223 g/mol. The van der Waals surface area contributed by atoms with Crippen LogP contribution in [-0.4, -0.2) is 35.4 Å². The van der Waals surface area contributed by atoms with Gasteiger partial charge in [-0.1, -0.05) is 6.92 Å². The van der Waals surface area contributed by atoms with Crippen LogP contribution in [0.4, 0.5) is 0 Å². The zero-order valence-electron chi connectivity index (χ0n) is 9.98. The normalized spacial score (nSPS) is 20.4. The fourth-order valence-corrected chi connectivity index (χ4v) is 2.13. The van der Waals surface area contributed by atoms with Crippen LogP contribution in [0.25, 0.3) is 0 Å². The molecule has 2 heterocycles. The Balaban J connectivity index is 1.64. The number of ether oxygens (including phenoxy) is 1. The van der Waals surface area contributed by atoms with E-state index < -0.39 is 0 Å². The van der Waals surface area contributed by atoms with E-state index in [1.165, 1.54) is 18.7 Å². The average Bonchev–Trinajstić information content (AvgIpc) is 2.95. The van der Waals surface area contributed by atoms with Crippen molar-refractivity contribution in [3.63, 3.8) is 0 Å². The maximum absolute atomic E-state index is 5.55. The lowest BCUT2D eigenvalue weighted by Crippen LogP contribution is -2.29. The van der Waals surface area contributed by atoms with Crippen molar-refractivity contribution in [3.05, 3.63) is 18.2 Å². The molecule has 0 bridgehead atoms. The lowest BCUT2D eigenvalue weighted by atomic mass is 10.2. The summed E-state index contributed by atoms with van der Waals surface area (Å²) < 4.78 is 7.76. The summed E-state index contributed by atoms with van der Waals surface area (Å²) in [7, 11) is 0. The molecule has 2 rings (SSSR count). The largest absolute Gasteiger partial charge is 0.377 e. The smallest absolute Gasteiger partial charge is 0.108 e. The maximum Gasteiger partial charge on any atom is 0.108 e. The second-order valence-electron chi connectivity index (χ2n) is 4.23. The van der Waals surface area contributed by atoms with Crippen LogP contribution in [0.5, 0.6) is 0 Å². The van der Waals surface area contributed by atoms with Gasteiger partial charge in [-0.25, -0.2) is 4.98 Å². The van der Waals surface area contributed by atoms with Crippen LogP contribution < -0.4 is 5.32 Å². The zero-order valence-corrected chi connectivity index (χ0v) is 9.98. The Bertz CT molecular complexity index is 305. The highest BCUT2D eigenvalue weighted by atomic mass is 16.5. The van der Waals surface area contributed by atoms with Crippen LogP contribution in [0.3, 0.4) is 0 Å². The van der Waals surface area contributed by atoms with Crippen molar-refractivity contribution >= 4 is 0 Å². The van der Waals surface area contributed by atoms with Crippen molar-refractivity contribution in [2.45, 2.75) is 38.8 Å². The van der Waals surface area contributed by atoms with Gasteiger partial charge < -0.3 is 14.6 Å². The molecule has 1 saturated heterocycles. The van der Waals surface area contributed by atoms with E-state index >= 15 is 0 Å². The number of aromatic nitrogens is 2. The van der Waals surface area contributed by atoms with Crippen LogP contribution >= 0.6 is 0 Å². The number of rotatable bonds is 6. The Kier molecular flexibility index (Phi) is 4.36. The molecule has 0 aromatic carbocycles. The molecular formula is C12H21N3O. The zero-order chi connectivity index (χ0) is 11.2. The standard InChI is InChI=1S/C12H21N3O/c1-2-12-14-6-8-15(12)7-5-13-10-11-4-3-9-16-11/h6,8,11,13H,2-5,7,9-10H2,1H3. The third-order valence-electron chi connectivity index (χ3n) is 3.04. The summed E-state index contributed by atoms with van der Waals surface area (Å²) in [4.78, 5) is 4.30. The van der Waals surface area contributed by atoms with Gasteiger partial charge in [-0.05, 0) is 12.8 Å². The first-order valence-electron chi connectivity index (χ1n) is 6.22. The van der Waals surface area contributed by atoms with E-state index in [4.69, 9.17) is 4.74 Å². The molecule has 90 valence electrons. The molecule has 0 radical (unpaired) electrons. The predicted octanol–water partition coefficient (Wildman–Crippen LogP) is 1.21. The molecule has 1 aromatic rings. The molecule has 1 fully saturated rings. The van der Waals surface area contributed by atoms with E-state index in [9.17, 15) is 0 Å². The number of nitrogens with one attached hydrogen (secondary N) is 1. The molecule has 1 aliphatic rings. The Morgan fingerprint density at radius 2 is 2.56 bits per heavy atom. The molecular weight excluding hydrogens is 202 g/mol. The number of imidazole rings is 1. The minimum absolute atomic E-state index is 0.438. The molecule has 0 spiro atoms. The maximum atomic E-state index is 5.55. The first kappa shape index (κ1) is 11.6. The van der Waals surface area contributed by atoms with Gasteiger partial charge in [-0.15, -0.1) is 0 Å². The highest BCUT2D eigenvalue weighted by Gasteiger charge is 2.14. The molecule has 16 heavy (non-hydrogen) atoms. The van der Waals surface area contributed by atoms with Gasteiger partial charge in [-0.2, -0.15) is 0 Å². The second kappa shape index (κ2) is 6.01. The van der Waals surface area contributed by atoms with Gasteiger partial charge in [0.15, 0.2) is 0 Å². The SMILES string of the molecule is CCc1nccn1CCNCC1CCCO1. The topological polar surface area (TPSA) is 39.1 Å². The van der Waals surface area contributed by atoms with Crippen LogP contribution in [0.1, 0.15) is 25.6 Å². The quantitative estimate of drug-likeness (QED) is 0.737. The van der Waals surface area contributed by atoms with Gasteiger partial charge >= 0.3 is 0 Å². The lowest BCUT2D eigenvalue weighted by molar-refractivity contribution is 0.110. The molecule has 1 N–H and O–H groups in total. The van der Waals surface area contributed by atoms with Crippen molar-refractivity contribution in [1.82, 2.24) is 14.9 Å². The molecule has 4 heteroatoms. The molecule has 1 atom stereocenters. The highest BCUT2D eigenvalue weighted by molar-refractivity contribution is 4.91. The van der Waals surface area contributed by atoms with Crippen molar-refractivity contribution in [2.75, 3.05) is 19.7 Å². The molecule has 0 aliphatic carbocycles. The minimum atomic E-state index is 0.438. The third kappa shape index (κ3) is 3.06. The Hall–Kier alpha value is -0.870. The average molecular weight is 223 g/mol. The summed E-state index contributed by atoms with van der Waals surface area (Å²) >= 11 is 0. The van der Waals surface area contributed by atoms with Gasteiger partial charge in [-0.3, -0.25) is 0 Å². The van der Waals surface area contributed by atoms with E-state index in [0.29, 0.717) is 6.10 Å². The fraction of sp³-hybridized carbons (Fsp3) is 0.750. The van der Waals surface area contributed by atoms with Crippen molar-refractivity contribution < 1.29 is 4.74 Å². The summed E-state index contributed by atoms with van der Waals surface area (Å²) in [6.45, 7) is 6.04. The molecule has 0 saturated carbocycles. The number of hydrogen-bond acceptors (Lipinski definition) is 3. The lowest BCUT2D eigenvalue weighted by Gasteiger charge is -2.11. The highest BCUT2D eigenvalue weighted by Crippen LogP contribution is 2.10. The molecule has 0 amide bonds. The predicted molar refractivity (Wildman–Crippen MR) is 63.4 cm³/mol. The van der Waals surface area contributed by atoms with E-state index in [0.717, 1.165) is 32.7 Å². The first-order chi connectivity index (χ1) is 7.90. The fourth-order valence-electron chi connectivity index (χ4n) is 2.13. The van der Waals surface area contributed by atoms with E-state index in [2.05, 4.69) is 21.8 Å².